The molecule has 4 aliphatic rings. The normalized spacial score (nSPS) is 35.1. The topological polar surface area (TPSA) is 91.2 Å². The fraction of sp³-hybridized carbons (Fsp3) is 0.650. The van der Waals surface area contributed by atoms with E-state index in [1.165, 1.54) is 16.7 Å². The number of aliphatic hydroxyl groups is 1. The number of nitrogens with one attached hydrogen (secondary N) is 1. The number of hydrogen-bond donors (Lipinski definition) is 2. The van der Waals surface area contributed by atoms with Gasteiger partial charge in [0.2, 0.25) is 0 Å². The first-order valence-electron chi connectivity index (χ1n) is 18.4. The fourth-order valence-electron chi connectivity index (χ4n) is 9.02. The Labute approximate surface area is 319 Å². The van der Waals surface area contributed by atoms with Gasteiger partial charge in [-0.3, -0.25) is 4.79 Å². The Bertz CT molecular complexity index is 1580. The van der Waals surface area contributed by atoms with Gasteiger partial charge in [0.15, 0.2) is 0 Å². The third-order valence-corrected chi connectivity index (χ3v) is 13.9. The van der Waals surface area contributed by atoms with Crippen molar-refractivity contribution in [2.45, 2.75) is 109 Å². The van der Waals surface area contributed by atoms with Crippen LogP contribution in [0, 0.1) is 67.8 Å². The minimum atomic E-state index is -3.03. The molecule has 2 N–H and O–H groups in total. The van der Waals surface area contributed by atoms with Crippen molar-refractivity contribution < 1.29 is 50.0 Å². The summed E-state index contributed by atoms with van der Waals surface area (Å²) in [5.74, 6) is 1.18. The van der Waals surface area contributed by atoms with Crippen LogP contribution in [0.4, 0.5) is 5.69 Å². The van der Waals surface area contributed by atoms with Crippen LogP contribution in [0.3, 0.4) is 0 Å². The van der Waals surface area contributed by atoms with E-state index in [1.807, 2.05) is 26.2 Å². The molecule has 0 saturated heterocycles. The van der Waals surface area contributed by atoms with Gasteiger partial charge in [-0.15, -0.1) is 15.8 Å². The number of anilines is 1. The molecule has 6 rings (SSSR count). The van der Waals surface area contributed by atoms with E-state index in [-0.39, 0.29) is 54.5 Å². The van der Waals surface area contributed by atoms with Crippen molar-refractivity contribution in [3.63, 3.8) is 0 Å². The Hall–Kier alpha value is -1.21. The molecule has 0 spiro atoms. The van der Waals surface area contributed by atoms with Crippen LogP contribution in [0.25, 0.3) is 0 Å². The van der Waals surface area contributed by atoms with E-state index in [2.05, 4.69) is 52.1 Å². The Kier molecular flexibility index (Phi) is 12.9. The number of amides is 1. The standard InChI is InChI=1S/C40H57N3O4S.U/c1-6-29-15-18-36-31(20-29)12-9-19-39(36,3)27-43-25-33-16-17-35(33)37(47-5)14-7-10-28(2)26-48(46,41-24-30-22-40(4,45)23-30)42-38(44)32-11-8-13-34(43)21-32;/h8,11,15,18,20-21,28,30,33,35,37,45H,3,6-7,9-10,12,14,16-17,19,22-27H2,1-2,4-5H3,(H,41,42,44,46);/q-2;+2/t28-,30?,33-,35+,37-,39-,40?,48?;/m0./s1. The summed E-state index contributed by atoms with van der Waals surface area (Å²) in [5, 5.41) is 10.2. The minimum Gasteiger partial charge on any atom is -0.395 e. The SMILES string of the molecule is [CH2-][C@@]1(CN2C[C@@H]3CC[C@H]3[C@@H](OC)CCC[C@H](C)CS(=O)(NCC3CC(C)(O)C3)=NC(=O)c3cc[c-]c2c3)CCCc2cc(CC)ccc21.[U+2]. The fourth-order valence-corrected chi connectivity index (χ4v) is 11.1. The van der Waals surface area contributed by atoms with Crippen LogP contribution >= 0.6 is 0 Å². The summed E-state index contributed by atoms with van der Waals surface area (Å²) in [6, 6.07) is 15.9. The molecule has 1 heterocycles. The van der Waals surface area contributed by atoms with Crippen LogP contribution in [0.2, 0.25) is 0 Å². The van der Waals surface area contributed by atoms with Gasteiger partial charge in [-0.05, 0) is 99.6 Å². The van der Waals surface area contributed by atoms with Crippen molar-refractivity contribution in [2.24, 2.45) is 28.0 Å². The molecule has 2 saturated carbocycles. The van der Waals surface area contributed by atoms with Gasteiger partial charge in [-0.25, -0.2) is 8.93 Å². The molecule has 1 amide bonds. The molecular weight excluding hydrogens is 857 g/mol. The number of rotatable bonds is 7. The molecule has 2 aromatic carbocycles. The average molecular weight is 914 g/mol. The van der Waals surface area contributed by atoms with Crippen LogP contribution in [-0.4, -0.2) is 59.4 Å². The van der Waals surface area contributed by atoms with Crippen LogP contribution in [-0.2, 0) is 32.9 Å². The maximum absolute atomic E-state index is 14.4. The second kappa shape index (κ2) is 16.2. The Balaban J connectivity index is 0.00000468. The quantitative estimate of drug-likeness (QED) is 0.290. The summed E-state index contributed by atoms with van der Waals surface area (Å²) in [7, 11) is -1.17. The second-order valence-electron chi connectivity index (χ2n) is 16.0. The predicted molar refractivity (Wildman–Crippen MR) is 194 cm³/mol. The predicted octanol–water partition coefficient (Wildman–Crippen LogP) is 7.10. The molecular formula is C40H57N3O4SU. The summed E-state index contributed by atoms with van der Waals surface area (Å²) < 4.78 is 28.2. The van der Waals surface area contributed by atoms with Crippen LogP contribution < -0.4 is 9.62 Å². The van der Waals surface area contributed by atoms with Gasteiger partial charge < -0.3 is 21.7 Å². The smallest absolute Gasteiger partial charge is 0.395 e. The maximum atomic E-state index is 14.4. The minimum absolute atomic E-state index is 0. The number of ether oxygens (including phenoxy) is 1. The van der Waals surface area contributed by atoms with E-state index in [0.717, 1.165) is 76.6 Å². The molecule has 2 aromatic rings. The third kappa shape index (κ3) is 9.24. The number of methoxy groups -OCH3 is 1. The van der Waals surface area contributed by atoms with Gasteiger partial charge in [0.05, 0.1) is 11.7 Å². The van der Waals surface area contributed by atoms with Gasteiger partial charge in [0, 0.05) is 26.0 Å². The zero-order valence-corrected chi connectivity index (χ0v) is 35.1. The maximum Gasteiger partial charge on any atom is 2.00 e. The molecule has 49 heavy (non-hydrogen) atoms. The largest absolute Gasteiger partial charge is 2.00 e. The molecule has 0 radical (unpaired) electrons. The number of benzene rings is 2. The molecule has 3 aliphatic carbocycles. The summed E-state index contributed by atoms with van der Waals surface area (Å²) in [6.45, 7) is 13.1. The first-order valence-corrected chi connectivity index (χ1v) is 20.1. The number of carbonyl (C=O) groups is 1. The number of nitrogens with zero attached hydrogens (tertiary/aromatic N) is 2. The molecule has 1 aliphatic heterocycles. The number of fused-ring (bicyclic) bond motifs is 4. The van der Waals surface area contributed by atoms with Crippen molar-refractivity contribution in [2.75, 3.05) is 37.4 Å². The van der Waals surface area contributed by atoms with Gasteiger partial charge in [0.25, 0.3) is 5.91 Å². The second-order valence-corrected chi connectivity index (χ2v) is 18.0. The van der Waals surface area contributed by atoms with Crippen molar-refractivity contribution in [3.05, 3.63) is 71.6 Å². The van der Waals surface area contributed by atoms with Gasteiger partial charge in [-0.2, -0.15) is 18.2 Å². The summed E-state index contributed by atoms with van der Waals surface area (Å²) in [6.07, 6.45) is 10.9. The van der Waals surface area contributed by atoms with Gasteiger partial charge >= 0.3 is 31.1 Å². The number of carbonyl (C=O) groups excluding carboxylic acids is 1. The first-order chi connectivity index (χ1) is 22.9. The third-order valence-electron chi connectivity index (χ3n) is 11.8. The van der Waals surface area contributed by atoms with Crippen LogP contribution in [0.15, 0.2) is 40.8 Å². The Morgan fingerprint density at radius 2 is 1.96 bits per heavy atom. The molecule has 7 nitrogen and oxygen atoms in total. The molecule has 6 atom stereocenters. The van der Waals surface area contributed by atoms with Crippen LogP contribution in [0.1, 0.15) is 106 Å². The Morgan fingerprint density at radius 1 is 1.16 bits per heavy atom. The molecule has 2 bridgehead atoms. The first kappa shape index (κ1) is 39.0. The Morgan fingerprint density at radius 3 is 2.65 bits per heavy atom. The van der Waals surface area contributed by atoms with E-state index >= 15 is 0 Å². The zero-order valence-electron chi connectivity index (χ0n) is 30.1. The average Bonchev–Trinajstić information content (AvgIpc) is 3.03. The number of hydrogen-bond acceptors (Lipinski definition) is 5. The van der Waals surface area contributed by atoms with E-state index in [4.69, 9.17) is 11.7 Å². The summed E-state index contributed by atoms with van der Waals surface area (Å²) in [5.41, 5.74) is 4.49. The molecule has 9 heteroatoms. The van der Waals surface area contributed by atoms with Crippen molar-refractivity contribution in [1.29, 1.82) is 0 Å². The number of aryl methyl sites for hydroxylation is 2. The monoisotopic (exact) mass is 913 g/mol. The molecule has 266 valence electrons. The summed E-state index contributed by atoms with van der Waals surface area (Å²) in [4.78, 5) is 16.2. The van der Waals surface area contributed by atoms with E-state index in [9.17, 15) is 14.1 Å². The van der Waals surface area contributed by atoms with Crippen molar-refractivity contribution in [1.82, 2.24) is 4.72 Å². The molecule has 0 aromatic heterocycles. The zero-order chi connectivity index (χ0) is 34.1. The van der Waals surface area contributed by atoms with Crippen molar-refractivity contribution in [3.8, 4) is 0 Å². The molecule has 1 unspecified atom stereocenters. The van der Waals surface area contributed by atoms with E-state index < -0.39 is 21.4 Å². The van der Waals surface area contributed by atoms with Crippen LogP contribution in [0.5, 0.6) is 0 Å². The van der Waals surface area contributed by atoms with Gasteiger partial charge in [0.1, 0.15) is 9.92 Å². The van der Waals surface area contributed by atoms with E-state index in [1.54, 1.807) is 6.07 Å². The van der Waals surface area contributed by atoms with Gasteiger partial charge in [-0.1, -0.05) is 68.1 Å². The van der Waals surface area contributed by atoms with E-state index in [0.29, 0.717) is 42.5 Å². The summed E-state index contributed by atoms with van der Waals surface area (Å²) >= 11 is 0. The molecule has 2 fully saturated rings. The van der Waals surface area contributed by atoms with Crippen molar-refractivity contribution >= 4 is 21.5 Å².